The zero-order valence-corrected chi connectivity index (χ0v) is 24.2. The highest BCUT2D eigenvalue weighted by Gasteiger charge is 2.36. The molecule has 5 rings (SSSR count). The first-order valence-electron chi connectivity index (χ1n) is 14.5. The number of aliphatic hydroxyl groups excluding tert-OH is 2. The molecule has 0 amide bonds. The van der Waals surface area contributed by atoms with Gasteiger partial charge in [-0.15, -0.1) is 0 Å². The van der Waals surface area contributed by atoms with Gasteiger partial charge in [0.05, 0.1) is 25.0 Å². The van der Waals surface area contributed by atoms with E-state index < -0.39 is 0 Å². The second-order valence-corrected chi connectivity index (χ2v) is 11.4. The number of halogens is 1. The number of aliphatic hydroxyl groups is 2. The normalized spacial score (nSPS) is 21.4. The van der Waals surface area contributed by atoms with Crippen LogP contribution in [0.1, 0.15) is 56.3 Å². The summed E-state index contributed by atoms with van der Waals surface area (Å²) in [5, 5.41) is 23.0. The van der Waals surface area contributed by atoms with E-state index in [1.54, 1.807) is 0 Å². The van der Waals surface area contributed by atoms with Gasteiger partial charge in [-0.25, -0.2) is 9.97 Å². The summed E-state index contributed by atoms with van der Waals surface area (Å²) in [6.07, 6.45) is 5.16. The van der Waals surface area contributed by atoms with Crippen LogP contribution in [0.15, 0.2) is 29.8 Å². The lowest BCUT2D eigenvalue weighted by molar-refractivity contribution is 0.0356. The van der Waals surface area contributed by atoms with Crippen molar-refractivity contribution in [3.8, 4) is 0 Å². The number of benzene rings is 1. The van der Waals surface area contributed by atoms with Crippen LogP contribution < -0.4 is 21.7 Å². The number of hydrogen-bond acceptors (Lipinski definition) is 10. The molecular weight excluding hydrogens is 528 g/mol. The highest BCUT2D eigenvalue weighted by atomic mass is 35.5. The lowest BCUT2D eigenvalue weighted by Crippen LogP contribution is -2.58. The zero-order chi connectivity index (χ0) is 28.2. The second kappa shape index (κ2) is 12.9. The van der Waals surface area contributed by atoms with E-state index in [1.807, 2.05) is 24.3 Å². The molecule has 1 saturated carbocycles. The molecule has 0 spiro atoms. The number of piperidine rings is 1. The molecule has 0 bridgehead atoms. The Balaban J connectivity index is 1.23. The van der Waals surface area contributed by atoms with E-state index in [2.05, 4.69) is 31.9 Å². The van der Waals surface area contributed by atoms with Crippen molar-refractivity contribution in [3.63, 3.8) is 0 Å². The van der Waals surface area contributed by atoms with Crippen LogP contribution in [-0.2, 0) is 0 Å². The average Bonchev–Trinajstić information content (AvgIpc) is 3.82. The van der Waals surface area contributed by atoms with E-state index in [0.717, 1.165) is 81.8 Å². The largest absolute Gasteiger partial charge is 0.399 e. The maximum Gasteiger partial charge on any atom is 0.172 e. The molecule has 3 aliphatic rings. The minimum absolute atomic E-state index is 0.00410. The molecule has 2 aromatic rings. The summed E-state index contributed by atoms with van der Waals surface area (Å²) in [6, 6.07) is 8.76. The number of rotatable bonds is 10. The Kier molecular flexibility index (Phi) is 9.32. The third kappa shape index (κ3) is 6.31. The van der Waals surface area contributed by atoms with Crippen LogP contribution in [0.25, 0.3) is 5.70 Å². The Labute approximate surface area is 242 Å². The number of nitrogens with zero attached hydrogens (tertiary/aromatic N) is 5. The fraction of sp³-hybridized carbons (Fsp3) is 0.586. The summed E-state index contributed by atoms with van der Waals surface area (Å²) < 4.78 is 0. The van der Waals surface area contributed by atoms with Gasteiger partial charge in [0.1, 0.15) is 5.69 Å². The van der Waals surface area contributed by atoms with Crippen LogP contribution in [0.2, 0.25) is 5.15 Å². The van der Waals surface area contributed by atoms with Gasteiger partial charge in [0.15, 0.2) is 16.8 Å². The maximum atomic E-state index is 10.2. The van der Waals surface area contributed by atoms with Crippen molar-refractivity contribution in [2.24, 2.45) is 0 Å². The van der Waals surface area contributed by atoms with Gasteiger partial charge >= 0.3 is 0 Å². The van der Waals surface area contributed by atoms with E-state index >= 15 is 0 Å². The summed E-state index contributed by atoms with van der Waals surface area (Å²) in [7, 11) is 0. The highest BCUT2D eigenvalue weighted by molar-refractivity contribution is 6.31. The van der Waals surface area contributed by atoms with Gasteiger partial charge in [0.2, 0.25) is 0 Å². The molecule has 2 aliphatic heterocycles. The van der Waals surface area contributed by atoms with Crippen molar-refractivity contribution >= 4 is 34.6 Å². The van der Waals surface area contributed by atoms with Gasteiger partial charge in [0, 0.05) is 57.0 Å². The molecule has 218 valence electrons. The third-order valence-corrected chi connectivity index (χ3v) is 8.82. The Morgan fingerprint density at radius 3 is 2.42 bits per heavy atom. The monoisotopic (exact) mass is 570 g/mol. The van der Waals surface area contributed by atoms with E-state index in [0.29, 0.717) is 41.1 Å². The first kappa shape index (κ1) is 28.9. The van der Waals surface area contributed by atoms with Crippen LogP contribution in [0.4, 0.5) is 17.3 Å². The number of nitrogens with two attached hydrogens (primary N) is 2. The number of hydrogen-bond donors (Lipinski definition) is 5. The van der Waals surface area contributed by atoms with Gasteiger partial charge in [-0.2, -0.15) is 0 Å². The number of piperazine rings is 1. The third-order valence-electron chi connectivity index (χ3n) is 8.57. The van der Waals surface area contributed by atoms with Gasteiger partial charge in [-0.3, -0.25) is 9.80 Å². The minimum Gasteiger partial charge on any atom is -0.399 e. The molecule has 2 atom stereocenters. The lowest BCUT2D eigenvalue weighted by Gasteiger charge is -2.48. The van der Waals surface area contributed by atoms with Crippen molar-refractivity contribution in [2.75, 3.05) is 68.8 Å². The van der Waals surface area contributed by atoms with Gasteiger partial charge in [0.25, 0.3) is 0 Å². The standard InChI is InChI=1S/C29H43ClN8O2/c1-2-22-17-37(29-27(30)34-26(28(32)35-29)25(20-3-4-20)33-11-16-39)14-15-38(22)23-9-12-36(13-10-23)24(18-40)19-5-7-21(31)8-6-19/h5-8,22-24,33,39-40H,2-4,9-18,31H2,1H3,(H2,32,35)/t22-,24+/m0/s1. The highest BCUT2D eigenvalue weighted by Crippen LogP contribution is 2.38. The molecule has 0 radical (unpaired) electrons. The minimum atomic E-state index is 0.00410. The number of allylic oxidation sites excluding steroid dienone is 1. The van der Waals surface area contributed by atoms with E-state index in [9.17, 15) is 10.2 Å². The summed E-state index contributed by atoms with van der Waals surface area (Å²) >= 11 is 6.72. The molecule has 3 heterocycles. The van der Waals surface area contributed by atoms with Crippen LogP contribution in [-0.4, -0.2) is 94.5 Å². The topological polar surface area (TPSA) is 140 Å². The molecule has 0 unspecified atom stereocenters. The Hall–Kier alpha value is -2.63. The maximum absolute atomic E-state index is 10.2. The molecule has 3 fully saturated rings. The number of likely N-dealkylation sites (tertiary alicyclic amines) is 1. The van der Waals surface area contributed by atoms with E-state index in [4.69, 9.17) is 28.1 Å². The molecule has 7 N–H and O–H groups in total. The fourth-order valence-corrected chi connectivity index (χ4v) is 6.50. The van der Waals surface area contributed by atoms with E-state index in [1.165, 1.54) is 5.57 Å². The van der Waals surface area contributed by atoms with Crippen molar-refractivity contribution in [1.29, 1.82) is 0 Å². The SMILES string of the molecule is CC[C@H]1CN(c2nc(N)c(C(NCCO)=C3CC3)nc2Cl)CCN1C1CCN([C@H](CO)c2ccc(N)cc2)CC1. The molecule has 2 saturated heterocycles. The number of nitrogen functional groups attached to an aromatic ring is 2. The number of nitrogens with one attached hydrogen (secondary N) is 1. The fourth-order valence-electron chi connectivity index (χ4n) is 6.26. The second-order valence-electron chi connectivity index (χ2n) is 11.1. The van der Waals surface area contributed by atoms with Crippen molar-refractivity contribution in [2.45, 2.75) is 57.2 Å². The van der Waals surface area contributed by atoms with E-state index in [-0.39, 0.29) is 19.3 Å². The molecule has 40 heavy (non-hydrogen) atoms. The van der Waals surface area contributed by atoms with Crippen LogP contribution in [0, 0.1) is 0 Å². The van der Waals surface area contributed by atoms with Crippen LogP contribution in [0.5, 0.6) is 0 Å². The molecule has 10 nitrogen and oxygen atoms in total. The predicted octanol–water partition coefficient (Wildman–Crippen LogP) is 2.48. The number of anilines is 3. The predicted molar refractivity (Wildman–Crippen MR) is 161 cm³/mol. The van der Waals surface area contributed by atoms with Gasteiger partial charge < -0.3 is 31.9 Å². The van der Waals surface area contributed by atoms with Gasteiger partial charge in [-0.1, -0.05) is 30.7 Å². The van der Waals surface area contributed by atoms with Gasteiger partial charge in [-0.05, 0) is 55.4 Å². The summed E-state index contributed by atoms with van der Waals surface area (Å²) in [5.41, 5.74) is 16.8. The first-order valence-corrected chi connectivity index (χ1v) is 14.9. The Morgan fingerprint density at radius 1 is 1.07 bits per heavy atom. The summed E-state index contributed by atoms with van der Waals surface area (Å²) in [4.78, 5) is 16.7. The summed E-state index contributed by atoms with van der Waals surface area (Å²) in [5.74, 6) is 1.01. The quantitative estimate of drug-likeness (QED) is 0.271. The lowest BCUT2D eigenvalue weighted by atomic mass is 9.95. The Bertz CT molecular complexity index is 1180. The average molecular weight is 571 g/mol. The number of aromatic nitrogens is 2. The smallest absolute Gasteiger partial charge is 0.172 e. The molecule has 1 aliphatic carbocycles. The molecular formula is C29H43ClN8O2. The molecule has 1 aromatic carbocycles. The molecule has 1 aromatic heterocycles. The zero-order valence-electron chi connectivity index (χ0n) is 23.4. The van der Waals surface area contributed by atoms with Crippen LogP contribution >= 0.6 is 11.6 Å². The molecule has 11 heteroatoms. The van der Waals surface area contributed by atoms with Crippen molar-refractivity contribution < 1.29 is 10.2 Å². The van der Waals surface area contributed by atoms with Crippen molar-refractivity contribution in [1.82, 2.24) is 25.1 Å². The first-order chi connectivity index (χ1) is 19.4. The Morgan fingerprint density at radius 2 is 1.80 bits per heavy atom. The summed E-state index contributed by atoms with van der Waals surface area (Å²) in [6.45, 7) is 7.27. The van der Waals surface area contributed by atoms with Crippen molar-refractivity contribution in [3.05, 3.63) is 46.2 Å². The van der Waals surface area contributed by atoms with Crippen LogP contribution in [0.3, 0.4) is 0 Å².